The molecular weight excluding hydrogens is 224 g/mol. The predicted molar refractivity (Wildman–Crippen MR) is 72.1 cm³/mol. The molecule has 0 radical (unpaired) electrons. The number of benzene rings is 1. The van der Waals surface area contributed by atoms with Crippen LogP contribution in [0.3, 0.4) is 0 Å². The van der Waals surface area contributed by atoms with Crippen LogP contribution in [0.15, 0.2) is 36.7 Å². The number of nitrogens with zero attached hydrogens (tertiary/aromatic N) is 3. The summed E-state index contributed by atoms with van der Waals surface area (Å²) in [6, 6.07) is 10.9. The SMILES string of the molecule is CC(C)NCc1ncnn1CCc1ccccc1. The summed E-state index contributed by atoms with van der Waals surface area (Å²) in [6.07, 6.45) is 2.61. The molecule has 1 aromatic heterocycles. The number of hydrogen-bond donors (Lipinski definition) is 1. The van der Waals surface area contributed by atoms with Crippen molar-refractivity contribution in [3.05, 3.63) is 48.0 Å². The molecule has 0 aliphatic rings. The zero-order valence-corrected chi connectivity index (χ0v) is 11.0. The first-order valence-corrected chi connectivity index (χ1v) is 6.39. The highest BCUT2D eigenvalue weighted by Crippen LogP contribution is 2.03. The van der Waals surface area contributed by atoms with Crippen molar-refractivity contribution in [2.24, 2.45) is 0 Å². The van der Waals surface area contributed by atoms with Gasteiger partial charge in [0.15, 0.2) is 0 Å². The number of hydrogen-bond acceptors (Lipinski definition) is 3. The molecule has 1 heterocycles. The topological polar surface area (TPSA) is 42.7 Å². The van der Waals surface area contributed by atoms with Gasteiger partial charge in [0.1, 0.15) is 12.2 Å². The Morgan fingerprint density at radius 2 is 2.00 bits per heavy atom. The summed E-state index contributed by atoms with van der Waals surface area (Å²) in [5.74, 6) is 1.000. The van der Waals surface area contributed by atoms with E-state index in [-0.39, 0.29) is 0 Å². The van der Waals surface area contributed by atoms with Crippen molar-refractivity contribution in [1.82, 2.24) is 20.1 Å². The van der Waals surface area contributed by atoms with E-state index in [0.717, 1.165) is 25.3 Å². The smallest absolute Gasteiger partial charge is 0.140 e. The van der Waals surface area contributed by atoms with Crippen LogP contribution in [0, 0.1) is 0 Å². The van der Waals surface area contributed by atoms with Gasteiger partial charge in [-0.05, 0) is 12.0 Å². The van der Waals surface area contributed by atoms with Crippen LogP contribution >= 0.6 is 0 Å². The largest absolute Gasteiger partial charge is 0.308 e. The molecule has 1 N–H and O–H groups in total. The Morgan fingerprint density at radius 3 is 2.72 bits per heavy atom. The Morgan fingerprint density at radius 1 is 1.22 bits per heavy atom. The predicted octanol–water partition coefficient (Wildman–Crippen LogP) is 2.02. The molecule has 96 valence electrons. The average Bonchev–Trinajstić information content (AvgIpc) is 2.82. The minimum Gasteiger partial charge on any atom is -0.308 e. The molecule has 0 saturated carbocycles. The van der Waals surface area contributed by atoms with Gasteiger partial charge in [-0.15, -0.1) is 0 Å². The summed E-state index contributed by atoms with van der Waals surface area (Å²) in [6.45, 7) is 5.90. The first-order chi connectivity index (χ1) is 8.75. The Labute approximate surface area is 108 Å². The maximum Gasteiger partial charge on any atom is 0.140 e. The molecule has 0 atom stereocenters. The van der Waals surface area contributed by atoms with Crippen LogP contribution in [-0.2, 0) is 19.5 Å². The number of nitrogens with one attached hydrogen (secondary N) is 1. The van der Waals surface area contributed by atoms with E-state index >= 15 is 0 Å². The van der Waals surface area contributed by atoms with Crippen LogP contribution in [0.5, 0.6) is 0 Å². The van der Waals surface area contributed by atoms with Crippen molar-refractivity contribution >= 4 is 0 Å². The molecule has 4 heteroatoms. The fraction of sp³-hybridized carbons (Fsp3) is 0.429. The third kappa shape index (κ3) is 3.67. The summed E-state index contributed by atoms with van der Waals surface area (Å²) in [5, 5.41) is 7.64. The minimum atomic E-state index is 0.462. The molecule has 0 unspecified atom stereocenters. The number of aryl methyl sites for hydroxylation is 2. The molecule has 0 aliphatic heterocycles. The molecule has 2 rings (SSSR count). The first kappa shape index (κ1) is 12.8. The Balaban J connectivity index is 1.91. The molecule has 1 aromatic carbocycles. The molecule has 0 amide bonds. The lowest BCUT2D eigenvalue weighted by molar-refractivity contribution is 0.520. The lowest BCUT2D eigenvalue weighted by Gasteiger charge is -2.09. The van der Waals surface area contributed by atoms with E-state index in [2.05, 4.69) is 53.5 Å². The lowest BCUT2D eigenvalue weighted by atomic mass is 10.1. The van der Waals surface area contributed by atoms with Gasteiger partial charge in [0.25, 0.3) is 0 Å². The van der Waals surface area contributed by atoms with E-state index in [1.807, 2.05) is 10.7 Å². The van der Waals surface area contributed by atoms with Gasteiger partial charge in [-0.3, -0.25) is 0 Å². The minimum absolute atomic E-state index is 0.462. The normalized spacial score (nSPS) is 11.1. The second-order valence-electron chi connectivity index (χ2n) is 4.67. The van der Waals surface area contributed by atoms with Gasteiger partial charge in [0, 0.05) is 12.6 Å². The zero-order chi connectivity index (χ0) is 12.8. The Bertz CT molecular complexity index is 462. The van der Waals surface area contributed by atoms with Crippen LogP contribution in [0.4, 0.5) is 0 Å². The van der Waals surface area contributed by atoms with Gasteiger partial charge in [-0.25, -0.2) is 9.67 Å². The van der Waals surface area contributed by atoms with E-state index in [1.165, 1.54) is 5.56 Å². The number of aromatic nitrogens is 3. The van der Waals surface area contributed by atoms with E-state index in [1.54, 1.807) is 6.33 Å². The van der Waals surface area contributed by atoms with Crippen LogP contribution in [-0.4, -0.2) is 20.8 Å². The fourth-order valence-electron chi connectivity index (χ4n) is 1.79. The summed E-state index contributed by atoms with van der Waals surface area (Å²) in [4.78, 5) is 4.29. The van der Waals surface area contributed by atoms with Gasteiger partial charge in [-0.1, -0.05) is 44.2 Å². The Kier molecular flexibility index (Phi) is 4.47. The second kappa shape index (κ2) is 6.31. The molecule has 0 bridgehead atoms. The quantitative estimate of drug-likeness (QED) is 0.845. The molecule has 0 fully saturated rings. The maximum absolute atomic E-state index is 4.29. The van der Waals surface area contributed by atoms with Crippen LogP contribution in [0.1, 0.15) is 25.2 Å². The Hall–Kier alpha value is -1.68. The zero-order valence-electron chi connectivity index (χ0n) is 11.0. The van der Waals surface area contributed by atoms with Gasteiger partial charge in [0.2, 0.25) is 0 Å². The van der Waals surface area contributed by atoms with Crippen molar-refractivity contribution in [3.8, 4) is 0 Å². The average molecular weight is 244 g/mol. The highest BCUT2D eigenvalue weighted by molar-refractivity contribution is 5.14. The van der Waals surface area contributed by atoms with Crippen molar-refractivity contribution in [1.29, 1.82) is 0 Å². The third-order valence-electron chi connectivity index (χ3n) is 2.82. The summed E-state index contributed by atoms with van der Waals surface area (Å²) in [7, 11) is 0. The fourth-order valence-corrected chi connectivity index (χ4v) is 1.79. The van der Waals surface area contributed by atoms with Gasteiger partial charge >= 0.3 is 0 Å². The van der Waals surface area contributed by atoms with E-state index < -0.39 is 0 Å². The standard InChI is InChI=1S/C14H20N4/c1-12(2)15-10-14-16-11-17-18(14)9-8-13-6-4-3-5-7-13/h3-7,11-12,15H,8-10H2,1-2H3. The summed E-state index contributed by atoms with van der Waals surface area (Å²) in [5.41, 5.74) is 1.33. The number of rotatable bonds is 6. The van der Waals surface area contributed by atoms with Gasteiger partial charge in [0.05, 0.1) is 6.54 Å². The molecule has 0 saturated heterocycles. The summed E-state index contributed by atoms with van der Waals surface area (Å²) >= 11 is 0. The highest BCUT2D eigenvalue weighted by atomic mass is 15.3. The van der Waals surface area contributed by atoms with Crippen LogP contribution < -0.4 is 5.32 Å². The van der Waals surface area contributed by atoms with Crippen molar-refractivity contribution < 1.29 is 0 Å². The van der Waals surface area contributed by atoms with Crippen LogP contribution in [0.25, 0.3) is 0 Å². The van der Waals surface area contributed by atoms with Crippen LogP contribution in [0.2, 0.25) is 0 Å². The molecule has 4 nitrogen and oxygen atoms in total. The molecule has 0 aliphatic carbocycles. The highest BCUT2D eigenvalue weighted by Gasteiger charge is 2.04. The van der Waals surface area contributed by atoms with Crippen molar-refractivity contribution in [3.63, 3.8) is 0 Å². The molecule has 18 heavy (non-hydrogen) atoms. The van der Waals surface area contributed by atoms with Gasteiger partial charge < -0.3 is 5.32 Å². The van der Waals surface area contributed by atoms with E-state index in [4.69, 9.17) is 0 Å². The molecular formula is C14H20N4. The van der Waals surface area contributed by atoms with Crippen molar-refractivity contribution in [2.45, 2.75) is 39.4 Å². The first-order valence-electron chi connectivity index (χ1n) is 6.39. The third-order valence-corrected chi connectivity index (χ3v) is 2.82. The molecule has 0 spiro atoms. The van der Waals surface area contributed by atoms with Gasteiger partial charge in [-0.2, -0.15) is 5.10 Å². The molecule has 2 aromatic rings. The van der Waals surface area contributed by atoms with Crippen molar-refractivity contribution in [2.75, 3.05) is 0 Å². The monoisotopic (exact) mass is 244 g/mol. The van der Waals surface area contributed by atoms with E-state index in [0.29, 0.717) is 6.04 Å². The summed E-state index contributed by atoms with van der Waals surface area (Å²) < 4.78 is 1.97. The lowest BCUT2D eigenvalue weighted by Crippen LogP contribution is -2.24. The maximum atomic E-state index is 4.29. The second-order valence-corrected chi connectivity index (χ2v) is 4.67. The van der Waals surface area contributed by atoms with E-state index in [9.17, 15) is 0 Å².